The number of nitrogens with zero attached hydrogens (tertiary/aromatic N) is 1. The second-order valence-electron chi connectivity index (χ2n) is 4.43. The molecule has 0 atom stereocenters. The van der Waals surface area contributed by atoms with Crippen molar-refractivity contribution in [1.82, 2.24) is 9.62 Å². The Bertz CT molecular complexity index is 643. The average Bonchev–Trinajstić information content (AvgIpc) is 2.64. The molecule has 3 N–H and O–H groups in total. The maximum absolute atomic E-state index is 12.5. The monoisotopic (exact) mass is 313 g/mol. The number of hydrogen-bond acceptors (Lipinski definition) is 4. The highest BCUT2D eigenvalue weighted by Gasteiger charge is 2.28. The summed E-state index contributed by atoms with van der Waals surface area (Å²) in [7, 11) is -3.72. The van der Waals surface area contributed by atoms with Gasteiger partial charge in [-0.2, -0.15) is 4.31 Å². The van der Waals surface area contributed by atoms with Gasteiger partial charge in [0.25, 0.3) is 0 Å². The van der Waals surface area contributed by atoms with E-state index >= 15 is 0 Å². The van der Waals surface area contributed by atoms with Crippen molar-refractivity contribution < 1.29 is 13.2 Å². The van der Waals surface area contributed by atoms with E-state index in [-0.39, 0.29) is 22.3 Å². The quantitative estimate of drug-likeness (QED) is 0.756. The summed E-state index contributed by atoms with van der Waals surface area (Å²) in [4.78, 5) is 11.7. The Balaban J connectivity index is 2.36. The molecule has 0 radical (unpaired) electrons. The standard InChI is InChI=1S/C12H15N3O3S2/c13-12(19)9-3-1-4-10(7-9)20(17,18)15-6-2-5-14-11(16)8-15/h1,3-4,7H,2,5-6,8H2,(H2,13,19)(H,14,16). The Morgan fingerprint density at radius 2 is 2.15 bits per heavy atom. The molecular formula is C12H15N3O3S2. The van der Waals surface area contributed by atoms with Crippen LogP contribution in [0.2, 0.25) is 0 Å². The Morgan fingerprint density at radius 3 is 2.85 bits per heavy atom. The first kappa shape index (κ1) is 14.9. The molecule has 0 aromatic heterocycles. The van der Waals surface area contributed by atoms with Gasteiger partial charge in [-0.3, -0.25) is 4.79 Å². The molecule has 0 aliphatic carbocycles. The first-order valence-corrected chi connectivity index (χ1v) is 7.93. The van der Waals surface area contributed by atoms with Crippen LogP contribution < -0.4 is 11.1 Å². The highest BCUT2D eigenvalue weighted by molar-refractivity contribution is 7.89. The fourth-order valence-corrected chi connectivity index (χ4v) is 3.55. The largest absolute Gasteiger partial charge is 0.389 e. The van der Waals surface area contributed by atoms with E-state index in [1.165, 1.54) is 16.4 Å². The molecule has 1 fully saturated rings. The van der Waals surface area contributed by atoms with Crippen LogP contribution >= 0.6 is 12.2 Å². The molecule has 1 amide bonds. The minimum absolute atomic E-state index is 0.0949. The van der Waals surface area contributed by atoms with E-state index in [2.05, 4.69) is 5.32 Å². The molecule has 0 bridgehead atoms. The van der Waals surface area contributed by atoms with Crippen molar-refractivity contribution in [3.63, 3.8) is 0 Å². The van der Waals surface area contributed by atoms with Gasteiger partial charge in [0.1, 0.15) is 4.99 Å². The number of hydrogen-bond donors (Lipinski definition) is 2. The third-order valence-electron chi connectivity index (χ3n) is 2.98. The average molecular weight is 313 g/mol. The number of carbonyl (C=O) groups is 1. The zero-order valence-corrected chi connectivity index (χ0v) is 12.3. The zero-order chi connectivity index (χ0) is 14.8. The van der Waals surface area contributed by atoms with Gasteiger partial charge in [-0.25, -0.2) is 8.42 Å². The molecule has 2 rings (SSSR count). The van der Waals surface area contributed by atoms with Crippen LogP contribution in [0.3, 0.4) is 0 Å². The van der Waals surface area contributed by atoms with Gasteiger partial charge in [-0.05, 0) is 18.6 Å². The Morgan fingerprint density at radius 1 is 1.40 bits per heavy atom. The Labute approximate surface area is 123 Å². The molecule has 1 aromatic carbocycles. The predicted octanol–water partition coefficient (Wildman–Crippen LogP) is -0.169. The first-order valence-electron chi connectivity index (χ1n) is 6.08. The number of benzene rings is 1. The molecule has 0 spiro atoms. The first-order chi connectivity index (χ1) is 9.41. The molecule has 1 heterocycles. The molecule has 6 nitrogen and oxygen atoms in total. The second kappa shape index (κ2) is 5.86. The van der Waals surface area contributed by atoms with Crippen molar-refractivity contribution in [1.29, 1.82) is 0 Å². The highest BCUT2D eigenvalue weighted by Crippen LogP contribution is 2.18. The van der Waals surface area contributed by atoms with E-state index in [1.54, 1.807) is 12.1 Å². The third kappa shape index (κ3) is 3.14. The summed E-state index contributed by atoms with van der Waals surface area (Å²) >= 11 is 4.85. The number of rotatable bonds is 3. The van der Waals surface area contributed by atoms with Crippen LogP contribution in [-0.2, 0) is 14.8 Å². The summed E-state index contributed by atoms with van der Waals surface area (Å²) in [5.41, 5.74) is 6.00. The number of sulfonamides is 1. The van der Waals surface area contributed by atoms with Gasteiger partial charge >= 0.3 is 0 Å². The smallest absolute Gasteiger partial charge is 0.243 e. The lowest BCUT2D eigenvalue weighted by Crippen LogP contribution is -2.37. The summed E-state index contributed by atoms with van der Waals surface area (Å²) in [6, 6.07) is 6.14. The maximum Gasteiger partial charge on any atom is 0.243 e. The van der Waals surface area contributed by atoms with Gasteiger partial charge < -0.3 is 11.1 Å². The van der Waals surface area contributed by atoms with Gasteiger partial charge in [-0.1, -0.05) is 24.4 Å². The summed E-state index contributed by atoms with van der Waals surface area (Å²) in [6.45, 7) is 0.621. The SMILES string of the molecule is NC(=S)c1cccc(S(=O)(=O)N2CCCNC(=O)C2)c1. The van der Waals surface area contributed by atoms with E-state index in [0.29, 0.717) is 25.1 Å². The lowest BCUT2D eigenvalue weighted by molar-refractivity contribution is -0.120. The lowest BCUT2D eigenvalue weighted by Gasteiger charge is -2.19. The number of carbonyl (C=O) groups excluding carboxylic acids is 1. The molecule has 0 unspecified atom stereocenters. The van der Waals surface area contributed by atoms with Crippen LogP contribution in [0.1, 0.15) is 12.0 Å². The molecule has 1 saturated heterocycles. The molecule has 20 heavy (non-hydrogen) atoms. The van der Waals surface area contributed by atoms with Gasteiger partial charge in [0.2, 0.25) is 15.9 Å². The van der Waals surface area contributed by atoms with Crippen LogP contribution in [0, 0.1) is 0 Å². The van der Waals surface area contributed by atoms with E-state index < -0.39 is 10.0 Å². The molecule has 0 saturated carbocycles. The van der Waals surface area contributed by atoms with E-state index in [9.17, 15) is 13.2 Å². The maximum atomic E-state index is 12.5. The second-order valence-corrected chi connectivity index (χ2v) is 6.81. The van der Waals surface area contributed by atoms with Gasteiger partial charge in [0.15, 0.2) is 0 Å². The molecule has 1 aromatic rings. The van der Waals surface area contributed by atoms with Crippen molar-refractivity contribution in [2.45, 2.75) is 11.3 Å². The van der Waals surface area contributed by atoms with E-state index in [0.717, 1.165) is 0 Å². The summed E-state index contributed by atoms with van der Waals surface area (Å²) in [6.07, 6.45) is 0.583. The van der Waals surface area contributed by atoms with Crippen LogP contribution in [0.4, 0.5) is 0 Å². The number of thiocarbonyl (C=S) groups is 1. The molecular weight excluding hydrogens is 298 g/mol. The van der Waals surface area contributed by atoms with Crippen LogP contribution in [0.5, 0.6) is 0 Å². The molecule has 1 aliphatic heterocycles. The minimum Gasteiger partial charge on any atom is -0.389 e. The molecule has 108 valence electrons. The topological polar surface area (TPSA) is 92.5 Å². The van der Waals surface area contributed by atoms with Crippen molar-refractivity contribution in [3.8, 4) is 0 Å². The van der Waals surface area contributed by atoms with Crippen molar-refractivity contribution in [2.75, 3.05) is 19.6 Å². The molecule has 8 heteroatoms. The van der Waals surface area contributed by atoms with Gasteiger partial charge in [-0.15, -0.1) is 0 Å². The van der Waals surface area contributed by atoms with Crippen molar-refractivity contribution >= 4 is 33.1 Å². The van der Waals surface area contributed by atoms with Gasteiger partial charge in [0, 0.05) is 18.7 Å². The predicted molar refractivity (Wildman–Crippen MR) is 78.7 cm³/mol. The van der Waals surface area contributed by atoms with Crippen LogP contribution in [0.25, 0.3) is 0 Å². The third-order valence-corrected chi connectivity index (χ3v) is 5.06. The van der Waals surface area contributed by atoms with E-state index in [4.69, 9.17) is 18.0 Å². The van der Waals surface area contributed by atoms with Crippen molar-refractivity contribution in [3.05, 3.63) is 29.8 Å². The minimum atomic E-state index is -3.72. The number of nitrogens with one attached hydrogen (secondary N) is 1. The summed E-state index contributed by atoms with van der Waals surface area (Å²) < 4.78 is 26.2. The Kier molecular flexibility index (Phi) is 4.36. The fourth-order valence-electron chi connectivity index (χ4n) is 1.94. The zero-order valence-electron chi connectivity index (χ0n) is 10.7. The van der Waals surface area contributed by atoms with Crippen molar-refractivity contribution in [2.24, 2.45) is 5.73 Å². The van der Waals surface area contributed by atoms with E-state index in [1.807, 2.05) is 0 Å². The lowest BCUT2D eigenvalue weighted by atomic mass is 10.2. The normalized spacial score (nSPS) is 17.3. The van der Waals surface area contributed by atoms with Gasteiger partial charge in [0.05, 0.1) is 11.4 Å². The molecule has 1 aliphatic rings. The fraction of sp³-hybridized carbons (Fsp3) is 0.333. The number of nitrogens with two attached hydrogens (primary N) is 1. The van der Waals surface area contributed by atoms with Crippen LogP contribution in [0.15, 0.2) is 29.2 Å². The number of amides is 1. The highest BCUT2D eigenvalue weighted by atomic mass is 32.2. The summed E-state index contributed by atoms with van der Waals surface area (Å²) in [5.74, 6) is -0.295. The van der Waals surface area contributed by atoms with Crippen LogP contribution in [-0.4, -0.2) is 43.3 Å². The Hall–Kier alpha value is -1.51. The summed E-state index contributed by atoms with van der Waals surface area (Å²) in [5, 5.41) is 2.64.